The van der Waals surface area contributed by atoms with Gasteiger partial charge < -0.3 is 4.74 Å². The number of hydrogen-bond donors (Lipinski definition) is 0. The number of hydrogen-bond acceptors (Lipinski definition) is 1. The van der Waals surface area contributed by atoms with Gasteiger partial charge in [-0.3, -0.25) is 0 Å². The molecule has 2 rings (SSSR count). The summed E-state index contributed by atoms with van der Waals surface area (Å²) in [4.78, 5) is 0. The molecule has 1 aromatic rings. The summed E-state index contributed by atoms with van der Waals surface area (Å²) in [6, 6.07) is 6.48. The fraction of sp³-hybridized carbons (Fsp3) is 0.500. The first-order chi connectivity index (χ1) is 6.66. The van der Waals surface area contributed by atoms with E-state index in [0.717, 1.165) is 5.75 Å². The van der Waals surface area contributed by atoms with Crippen LogP contribution in [0.2, 0.25) is 0 Å². The van der Waals surface area contributed by atoms with E-state index in [9.17, 15) is 0 Å². The summed E-state index contributed by atoms with van der Waals surface area (Å²) in [5, 5.41) is 0. The zero-order valence-electron chi connectivity index (χ0n) is 8.59. The molecule has 2 heteroatoms. The topological polar surface area (TPSA) is 9.23 Å². The van der Waals surface area contributed by atoms with Gasteiger partial charge in [-0.2, -0.15) is 0 Å². The summed E-state index contributed by atoms with van der Waals surface area (Å²) in [5.74, 6) is 1.63. The zero-order valence-corrected chi connectivity index (χ0v) is 10.7. The summed E-state index contributed by atoms with van der Waals surface area (Å²) in [7, 11) is 0. The van der Waals surface area contributed by atoms with E-state index in [1.807, 2.05) is 0 Å². The molecule has 0 unspecified atom stereocenters. The fourth-order valence-corrected chi connectivity index (χ4v) is 1.92. The van der Waals surface area contributed by atoms with Crippen LogP contribution in [-0.4, -0.2) is 6.10 Å². The highest BCUT2D eigenvalue weighted by Crippen LogP contribution is 2.33. The highest BCUT2D eigenvalue weighted by molar-refractivity contribution is 14.1. The molecule has 1 fully saturated rings. The van der Waals surface area contributed by atoms with E-state index in [1.165, 1.54) is 22.0 Å². The average molecular weight is 302 g/mol. The number of rotatable bonds is 3. The van der Waals surface area contributed by atoms with Crippen LogP contribution in [0.5, 0.6) is 5.75 Å². The standard InChI is InChI=1S/C12H15IO/c1-8(2)11-6-3-9(13)7-12(11)14-10-4-5-10/h3,6-8,10H,4-5H2,1-2H3. The molecule has 0 amide bonds. The quantitative estimate of drug-likeness (QED) is 0.768. The molecule has 0 aromatic heterocycles. The fourth-order valence-electron chi connectivity index (χ4n) is 1.45. The normalized spacial score (nSPS) is 16.0. The Balaban J connectivity index is 2.27. The van der Waals surface area contributed by atoms with Gasteiger partial charge in [0.2, 0.25) is 0 Å². The summed E-state index contributed by atoms with van der Waals surface area (Å²) in [6.45, 7) is 4.42. The minimum absolute atomic E-state index is 0.491. The summed E-state index contributed by atoms with van der Waals surface area (Å²) in [6.07, 6.45) is 2.94. The van der Waals surface area contributed by atoms with Gasteiger partial charge in [-0.15, -0.1) is 0 Å². The second-order valence-corrected chi connectivity index (χ2v) is 5.40. The molecule has 1 aliphatic carbocycles. The molecule has 0 heterocycles. The van der Waals surface area contributed by atoms with Crippen molar-refractivity contribution in [1.82, 2.24) is 0 Å². The average Bonchev–Trinajstić information content (AvgIpc) is 2.87. The van der Waals surface area contributed by atoms with Crippen molar-refractivity contribution in [3.63, 3.8) is 0 Å². The maximum Gasteiger partial charge on any atom is 0.124 e. The summed E-state index contributed by atoms with van der Waals surface area (Å²) >= 11 is 2.33. The van der Waals surface area contributed by atoms with Crippen LogP contribution < -0.4 is 4.74 Å². The Bertz CT molecular complexity index is 329. The Kier molecular flexibility index (Phi) is 3.00. The van der Waals surface area contributed by atoms with Crippen LogP contribution in [0.4, 0.5) is 0 Å². The summed E-state index contributed by atoms with van der Waals surface area (Å²) in [5.41, 5.74) is 1.33. The van der Waals surface area contributed by atoms with Crippen LogP contribution >= 0.6 is 22.6 Å². The van der Waals surface area contributed by atoms with Crippen LogP contribution in [0.25, 0.3) is 0 Å². The van der Waals surface area contributed by atoms with Crippen molar-refractivity contribution in [3.05, 3.63) is 27.3 Å². The Hall–Kier alpha value is -0.250. The molecule has 0 saturated heterocycles. The van der Waals surface area contributed by atoms with E-state index in [2.05, 4.69) is 54.6 Å². The SMILES string of the molecule is CC(C)c1ccc(I)cc1OC1CC1. The van der Waals surface area contributed by atoms with Gasteiger partial charge in [-0.25, -0.2) is 0 Å². The Morgan fingerprint density at radius 3 is 2.64 bits per heavy atom. The van der Waals surface area contributed by atoms with E-state index in [1.54, 1.807) is 0 Å². The van der Waals surface area contributed by atoms with Gasteiger partial charge in [0.05, 0.1) is 6.10 Å². The molecule has 0 aliphatic heterocycles. The monoisotopic (exact) mass is 302 g/mol. The minimum atomic E-state index is 0.491. The Morgan fingerprint density at radius 1 is 1.36 bits per heavy atom. The van der Waals surface area contributed by atoms with Crippen LogP contribution in [0.15, 0.2) is 18.2 Å². The molecule has 14 heavy (non-hydrogen) atoms. The van der Waals surface area contributed by atoms with Crippen molar-refractivity contribution in [2.45, 2.75) is 38.7 Å². The van der Waals surface area contributed by atoms with Crippen molar-refractivity contribution in [3.8, 4) is 5.75 Å². The van der Waals surface area contributed by atoms with Crippen molar-refractivity contribution < 1.29 is 4.74 Å². The second kappa shape index (κ2) is 4.09. The number of ether oxygens (including phenoxy) is 1. The maximum atomic E-state index is 5.89. The zero-order chi connectivity index (χ0) is 10.1. The third-order valence-electron chi connectivity index (χ3n) is 2.42. The lowest BCUT2D eigenvalue weighted by Gasteiger charge is -2.13. The van der Waals surface area contributed by atoms with Crippen molar-refractivity contribution in [1.29, 1.82) is 0 Å². The van der Waals surface area contributed by atoms with Crippen molar-refractivity contribution in [2.75, 3.05) is 0 Å². The first-order valence-corrected chi connectivity index (χ1v) is 6.21. The van der Waals surface area contributed by atoms with Crippen molar-refractivity contribution >= 4 is 22.6 Å². The van der Waals surface area contributed by atoms with E-state index in [0.29, 0.717) is 12.0 Å². The first-order valence-electron chi connectivity index (χ1n) is 5.13. The van der Waals surface area contributed by atoms with Gasteiger partial charge in [0.25, 0.3) is 0 Å². The molecule has 0 spiro atoms. The van der Waals surface area contributed by atoms with Crippen LogP contribution in [0, 0.1) is 3.57 Å². The third kappa shape index (κ3) is 2.41. The lowest BCUT2D eigenvalue weighted by Crippen LogP contribution is -2.01. The van der Waals surface area contributed by atoms with Gasteiger partial charge in [0.1, 0.15) is 5.75 Å². The molecule has 0 atom stereocenters. The van der Waals surface area contributed by atoms with Crippen molar-refractivity contribution in [2.24, 2.45) is 0 Å². The lowest BCUT2D eigenvalue weighted by atomic mass is 10.0. The van der Waals surface area contributed by atoms with Crippen LogP contribution in [0.1, 0.15) is 38.2 Å². The molecule has 0 radical (unpaired) electrons. The second-order valence-electron chi connectivity index (χ2n) is 4.15. The Morgan fingerprint density at radius 2 is 2.07 bits per heavy atom. The van der Waals surface area contributed by atoms with Crippen LogP contribution in [0.3, 0.4) is 0 Å². The van der Waals surface area contributed by atoms with Gasteiger partial charge in [0, 0.05) is 3.57 Å². The molecule has 76 valence electrons. The molecule has 1 saturated carbocycles. The van der Waals surface area contributed by atoms with E-state index in [4.69, 9.17) is 4.74 Å². The van der Waals surface area contributed by atoms with E-state index >= 15 is 0 Å². The largest absolute Gasteiger partial charge is 0.490 e. The van der Waals surface area contributed by atoms with E-state index < -0.39 is 0 Å². The molecular formula is C12H15IO. The van der Waals surface area contributed by atoms with Crippen LogP contribution in [-0.2, 0) is 0 Å². The molecule has 1 aromatic carbocycles. The lowest BCUT2D eigenvalue weighted by molar-refractivity contribution is 0.298. The maximum absolute atomic E-state index is 5.89. The highest BCUT2D eigenvalue weighted by atomic mass is 127. The highest BCUT2D eigenvalue weighted by Gasteiger charge is 2.24. The predicted molar refractivity (Wildman–Crippen MR) is 66.9 cm³/mol. The Labute approximate surface area is 99.0 Å². The van der Waals surface area contributed by atoms with Gasteiger partial charge in [-0.05, 0) is 59.0 Å². The molecule has 1 nitrogen and oxygen atoms in total. The molecule has 0 N–H and O–H groups in total. The molecule has 1 aliphatic rings. The number of halogens is 1. The molecular weight excluding hydrogens is 287 g/mol. The van der Waals surface area contributed by atoms with Gasteiger partial charge >= 0.3 is 0 Å². The molecule has 0 bridgehead atoms. The first kappa shape index (κ1) is 10.3. The minimum Gasteiger partial charge on any atom is -0.490 e. The summed E-state index contributed by atoms with van der Waals surface area (Å²) < 4.78 is 7.15. The van der Waals surface area contributed by atoms with E-state index in [-0.39, 0.29) is 0 Å². The predicted octanol–water partition coefficient (Wildman–Crippen LogP) is 3.96. The number of benzene rings is 1. The third-order valence-corrected chi connectivity index (χ3v) is 3.09. The smallest absolute Gasteiger partial charge is 0.124 e. The van der Waals surface area contributed by atoms with Gasteiger partial charge in [0.15, 0.2) is 0 Å². The van der Waals surface area contributed by atoms with Gasteiger partial charge in [-0.1, -0.05) is 19.9 Å².